The van der Waals surface area contributed by atoms with Gasteiger partial charge in [-0.25, -0.2) is 0 Å². The van der Waals surface area contributed by atoms with Crippen molar-refractivity contribution in [2.45, 2.75) is 32.7 Å². The van der Waals surface area contributed by atoms with E-state index in [1.54, 1.807) is 7.11 Å². The molecule has 2 N–H and O–H groups in total. The van der Waals surface area contributed by atoms with Crippen molar-refractivity contribution in [3.05, 3.63) is 41.5 Å². The molecule has 0 aromatic heterocycles. The van der Waals surface area contributed by atoms with Crippen molar-refractivity contribution in [3.8, 4) is 5.75 Å². The standard InChI is InChI=1S/C14H21NO/c1-10(2)5-7-13(15)12-9-11(3)6-8-14(12)16-4/h6,8-9,13H,1,5,7,15H2,2-4H3. The van der Waals surface area contributed by atoms with Crippen LogP contribution in [-0.4, -0.2) is 7.11 Å². The van der Waals surface area contributed by atoms with Crippen LogP contribution in [-0.2, 0) is 0 Å². The minimum absolute atomic E-state index is 0.0200. The highest BCUT2D eigenvalue weighted by Gasteiger charge is 2.11. The van der Waals surface area contributed by atoms with E-state index in [0.717, 1.165) is 24.2 Å². The number of ether oxygens (including phenoxy) is 1. The molecule has 0 saturated carbocycles. The third-order valence-electron chi connectivity index (χ3n) is 2.67. The van der Waals surface area contributed by atoms with Gasteiger partial charge in [0.2, 0.25) is 0 Å². The topological polar surface area (TPSA) is 35.2 Å². The molecular formula is C14H21NO. The summed E-state index contributed by atoms with van der Waals surface area (Å²) in [7, 11) is 1.68. The molecule has 88 valence electrons. The zero-order valence-electron chi connectivity index (χ0n) is 10.4. The van der Waals surface area contributed by atoms with Gasteiger partial charge in [-0.1, -0.05) is 23.3 Å². The Bertz CT molecular complexity index is 371. The Morgan fingerprint density at radius 2 is 2.19 bits per heavy atom. The van der Waals surface area contributed by atoms with Crippen LogP contribution in [0.4, 0.5) is 0 Å². The van der Waals surface area contributed by atoms with Gasteiger partial charge in [0, 0.05) is 11.6 Å². The first-order valence-electron chi connectivity index (χ1n) is 5.59. The van der Waals surface area contributed by atoms with Crippen LogP contribution in [0.25, 0.3) is 0 Å². The molecule has 0 bridgehead atoms. The molecule has 0 heterocycles. The molecule has 0 radical (unpaired) electrons. The van der Waals surface area contributed by atoms with Crippen molar-refractivity contribution >= 4 is 0 Å². The number of benzene rings is 1. The maximum Gasteiger partial charge on any atom is 0.123 e. The average molecular weight is 219 g/mol. The van der Waals surface area contributed by atoms with Gasteiger partial charge in [-0.3, -0.25) is 0 Å². The largest absolute Gasteiger partial charge is 0.496 e. The molecule has 2 nitrogen and oxygen atoms in total. The van der Waals surface area contributed by atoms with E-state index >= 15 is 0 Å². The van der Waals surface area contributed by atoms with E-state index in [1.807, 2.05) is 19.1 Å². The normalized spacial score (nSPS) is 12.2. The molecular weight excluding hydrogens is 198 g/mol. The molecule has 0 spiro atoms. The summed E-state index contributed by atoms with van der Waals surface area (Å²) in [6.45, 7) is 7.99. The summed E-state index contributed by atoms with van der Waals surface area (Å²) in [6.07, 6.45) is 1.87. The van der Waals surface area contributed by atoms with Crippen LogP contribution in [0.15, 0.2) is 30.4 Å². The highest BCUT2D eigenvalue weighted by atomic mass is 16.5. The maximum atomic E-state index is 6.17. The molecule has 0 aliphatic carbocycles. The summed E-state index contributed by atoms with van der Waals surface area (Å²) >= 11 is 0. The smallest absolute Gasteiger partial charge is 0.123 e. The monoisotopic (exact) mass is 219 g/mol. The zero-order valence-corrected chi connectivity index (χ0v) is 10.4. The number of nitrogens with two attached hydrogens (primary N) is 1. The fourth-order valence-corrected chi connectivity index (χ4v) is 1.70. The van der Waals surface area contributed by atoms with Crippen molar-refractivity contribution in [2.75, 3.05) is 7.11 Å². The van der Waals surface area contributed by atoms with Crippen molar-refractivity contribution in [3.63, 3.8) is 0 Å². The van der Waals surface area contributed by atoms with Gasteiger partial charge in [-0.2, -0.15) is 0 Å². The van der Waals surface area contributed by atoms with Crippen LogP contribution in [0.2, 0.25) is 0 Å². The predicted molar refractivity (Wildman–Crippen MR) is 68.7 cm³/mol. The van der Waals surface area contributed by atoms with Crippen molar-refractivity contribution in [1.29, 1.82) is 0 Å². The van der Waals surface area contributed by atoms with E-state index in [4.69, 9.17) is 10.5 Å². The predicted octanol–water partition coefficient (Wildman–Crippen LogP) is 3.36. The minimum Gasteiger partial charge on any atom is -0.496 e. The zero-order chi connectivity index (χ0) is 12.1. The summed E-state index contributed by atoms with van der Waals surface area (Å²) < 4.78 is 5.33. The first kappa shape index (κ1) is 12.8. The molecule has 1 rings (SSSR count). The van der Waals surface area contributed by atoms with Gasteiger partial charge in [-0.05, 0) is 32.8 Å². The maximum absolute atomic E-state index is 6.17. The first-order chi connectivity index (χ1) is 7.54. The van der Waals surface area contributed by atoms with Gasteiger partial charge < -0.3 is 10.5 Å². The SMILES string of the molecule is C=C(C)CCC(N)c1cc(C)ccc1OC. The second kappa shape index (κ2) is 5.71. The molecule has 1 aromatic carbocycles. The Kier molecular flexibility index (Phi) is 4.56. The Morgan fingerprint density at radius 1 is 1.50 bits per heavy atom. The molecule has 0 aliphatic rings. The molecule has 0 amide bonds. The van der Waals surface area contributed by atoms with Gasteiger partial charge in [0.05, 0.1) is 7.11 Å². The Labute approximate surface area is 98.1 Å². The molecule has 0 saturated heterocycles. The number of allylic oxidation sites excluding steroid dienone is 1. The first-order valence-corrected chi connectivity index (χ1v) is 5.59. The van der Waals surface area contributed by atoms with Gasteiger partial charge in [-0.15, -0.1) is 6.58 Å². The fraction of sp³-hybridized carbons (Fsp3) is 0.429. The third kappa shape index (κ3) is 3.38. The molecule has 1 aromatic rings. The van der Waals surface area contributed by atoms with Gasteiger partial charge in [0.1, 0.15) is 5.75 Å². The number of hydrogen-bond donors (Lipinski definition) is 1. The minimum atomic E-state index is 0.0200. The van der Waals surface area contributed by atoms with Gasteiger partial charge >= 0.3 is 0 Å². The van der Waals surface area contributed by atoms with E-state index in [0.29, 0.717) is 0 Å². The summed E-state index contributed by atoms with van der Waals surface area (Å²) in [5.74, 6) is 0.875. The van der Waals surface area contributed by atoms with E-state index in [-0.39, 0.29) is 6.04 Å². The highest BCUT2D eigenvalue weighted by Crippen LogP contribution is 2.28. The van der Waals surface area contributed by atoms with Crippen LogP contribution < -0.4 is 10.5 Å². The molecule has 16 heavy (non-hydrogen) atoms. The number of rotatable bonds is 5. The Morgan fingerprint density at radius 3 is 2.75 bits per heavy atom. The van der Waals surface area contributed by atoms with Gasteiger partial charge in [0.15, 0.2) is 0 Å². The quantitative estimate of drug-likeness (QED) is 0.771. The lowest BCUT2D eigenvalue weighted by molar-refractivity contribution is 0.404. The number of hydrogen-bond acceptors (Lipinski definition) is 2. The van der Waals surface area contributed by atoms with Gasteiger partial charge in [0.25, 0.3) is 0 Å². The molecule has 1 atom stereocenters. The van der Waals surface area contributed by atoms with E-state index in [9.17, 15) is 0 Å². The van der Waals surface area contributed by atoms with Crippen LogP contribution in [0.3, 0.4) is 0 Å². The average Bonchev–Trinajstić information content (AvgIpc) is 2.25. The van der Waals surface area contributed by atoms with E-state index in [1.165, 1.54) is 11.1 Å². The van der Waals surface area contributed by atoms with Crippen molar-refractivity contribution in [2.24, 2.45) is 5.73 Å². The lowest BCUT2D eigenvalue weighted by Crippen LogP contribution is -2.11. The molecule has 0 fully saturated rings. The Hall–Kier alpha value is -1.28. The molecule has 2 heteroatoms. The lowest BCUT2D eigenvalue weighted by atomic mass is 9.98. The summed E-state index contributed by atoms with van der Waals surface area (Å²) in [5.41, 5.74) is 9.63. The van der Waals surface area contributed by atoms with Crippen molar-refractivity contribution < 1.29 is 4.74 Å². The number of methoxy groups -OCH3 is 1. The molecule has 1 unspecified atom stereocenters. The van der Waals surface area contributed by atoms with Crippen LogP contribution in [0.5, 0.6) is 5.75 Å². The molecule has 0 aliphatic heterocycles. The van der Waals surface area contributed by atoms with Crippen LogP contribution in [0.1, 0.15) is 36.9 Å². The fourth-order valence-electron chi connectivity index (χ4n) is 1.70. The lowest BCUT2D eigenvalue weighted by Gasteiger charge is -2.16. The third-order valence-corrected chi connectivity index (χ3v) is 2.67. The van der Waals surface area contributed by atoms with E-state index in [2.05, 4.69) is 19.6 Å². The second-order valence-corrected chi connectivity index (χ2v) is 4.35. The highest BCUT2D eigenvalue weighted by molar-refractivity contribution is 5.39. The summed E-state index contributed by atoms with van der Waals surface area (Å²) in [6, 6.07) is 6.13. The van der Waals surface area contributed by atoms with Crippen LogP contribution >= 0.6 is 0 Å². The second-order valence-electron chi connectivity index (χ2n) is 4.35. The summed E-state index contributed by atoms with van der Waals surface area (Å²) in [4.78, 5) is 0. The van der Waals surface area contributed by atoms with E-state index < -0.39 is 0 Å². The Balaban J connectivity index is 2.84. The number of aryl methyl sites for hydroxylation is 1. The van der Waals surface area contributed by atoms with Crippen LogP contribution in [0, 0.1) is 6.92 Å². The van der Waals surface area contributed by atoms with Crippen molar-refractivity contribution in [1.82, 2.24) is 0 Å². The summed E-state index contributed by atoms with van der Waals surface area (Å²) in [5, 5.41) is 0.